The van der Waals surface area contributed by atoms with Crippen LogP contribution in [0.5, 0.6) is 0 Å². The second-order valence-corrected chi connectivity index (χ2v) is 5.94. The van der Waals surface area contributed by atoms with Crippen LogP contribution in [0, 0.1) is 0 Å². The summed E-state index contributed by atoms with van der Waals surface area (Å²) >= 11 is 6.12. The number of rotatable bonds is 4. The van der Waals surface area contributed by atoms with Gasteiger partial charge in [0.15, 0.2) is 0 Å². The van der Waals surface area contributed by atoms with Gasteiger partial charge in [0.1, 0.15) is 5.76 Å². The fourth-order valence-electron chi connectivity index (χ4n) is 2.85. The summed E-state index contributed by atoms with van der Waals surface area (Å²) in [6.07, 6.45) is 0. The second kappa shape index (κ2) is 8.53. The largest absolute Gasteiger partial charge is 0.463 e. The van der Waals surface area contributed by atoms with Gasteiger partial charge in [0.2, 0.25) is 5.76 Å². The Hall–Kier alpha value is -1.53. The molecule has 7 heteroatoms. The Balaban J connectivity index is 0.00000208. The Morgan fingerprint density at radius 2 is 2.25 bits per heavy atom. The first kappa shape index (κ1) is 18.8. The SMILES string of the molecule is COC(=O)c1ccc(CN2CCNCC2c2cccc(Cl)c2)o1.Cl. The lowest BCUT2D eigenvalue weighted by Gasteiger charge is -2.36. The van der Waals surface area contributed by atoms with Crippen molar-refractivity contribution in [2.45, 2.75) is 12.6 Å². The summed E-state index contributed by atoms with van der Waals surface area (Å²) < 4.78 is 10.3. The van der Waals surface area contributed by atoms with E-state index in [1.165, 1.54) is 12.7 Å². The van der Waals surface area contributed by atoms with E-state index in [1.807, 2.05) is 24.3 Å². The van der Waals surface area contributed by atoms with E-state index in [0.29, 0.717) is 6.54 Å². The highest BCUT2D eigenvalue weighted by molar-refractivity contribution is 6.30. The molecule has 0 saturated carbocycles. The van der Waals surface area contributed by atoms with Crippen molar-refractivity contribution >= 4 is 30.0 Å². The fourth-order valence-corrected chi connectivity index (χ4v) is 3.05. The van der Waals surface area contributed by atoms with Gasteiger partial charge in [-0.05, 0) is 29.8 Å². The molecule has 1 fully saturated rings. The number of methoxy groups -OCH3 is 1. The van der Waals surface area contributed by atoms with Gasteiger partial charge in [-0.25, -0.2) is 4.79 Å². The maximum atomic E-state index is 11.5. The van der Waals surface area contributed by atoms with Crippen molar-refractivity contribution in [2.24, 2.45) is 0 Å². The number of furan rings is 1. The molecule has 1 aromatic carbocycles. The third kappa shape index (κ3) is 4.30. The molecule has 24 heavy (non-hydrogen) atoms. The molecule has 1 aliphatic rings. The van der Waals surface area contributed by atoms with Gasteiger partial charge >= 0.3 is 5.97 Å². The van der Waals surface area contributed by atoms with Crippen molar-refractivity contribution in [3.8, 4) is 0 Å². The van der Waals surface area contributed by atoms with Crippen LogP contribution in [-0.2, 0) is 11.3 Å². The van der Waals surface area contributed by atoms with Crippen LogP contribution in [0.25, 0.3) is 0 Å². The average molecular weight is 371 g/mol. The number of hydrogen-bond donors (Lipinski definition) is 1. The topological polar surface area (TPSA) is 54.7 Å². The zero-order chi connectivity index (χ0) is 16.2. The van der Waals surface area contributed by atoms with E-state index >= 15 is 0 Å². The standard InChI is InChI=1S/C17H19ClN2O3.ClH/c1-22-17(21)16-6-5-14(23-16)11-20-8-7-19-10-15(20)12-3-2-4-13(18)9-12;/h2-6,9,15,19H,7-8,10-11H2,1H3;1H. The van der Waals surface area contributed by atoms with Gasteiger partial charge in [-0.3, -0.25) is 4.90 Å². The van der Waals surface area contributed by atoms with E-state index < -0.39 is 5.97 Å². The molecule has 2 heterocycles. The van der Waals surface area contributed by atoms with E-state index in [2.05, 4.69) is 21.0 Å². The third-order valence-corrected chi connectivity index (χ3v) is 4.23. The molecule has 0 bridgehead atoms. The average Bonchev–Trinajstić information content (AvgIpc) is 3.03. The van der Waals surface area contributed by atoms with Crippen LogP contribution in [0.3, 0.4) is 0 Å². The first-order valence-corrected chi connectivity index (χ1v) is 7.92. The Bertz CT molecular complexity index is 690. The van der Waals surface area contributed by atoms with Gasteiger partial charge in [0.25, 0.3) is 0 Å². The minimum absolute atomic E-state index is 0. The van der Waals surface area contributed by atoms with Crippen molar-refractivity contribution in [1.82, 2.24) is 10.2 Å². The number of halogens is 2. The number of nitrogens with zero attached hydrogens (tertiary/aromatic N) is 1. The Labute approximate surface area is 152 Å². The molecule has 1 N–H and O–H groups in total. The molecule has 1 unspecified atom stereocenters. The van der Waals surface area contributed by atoms with Crippen LogP contribution in [0.4, 0.5) is 0 Å². The lowest BCUT2D eigenvalue weighted by Crippen LogP contribution is -2.45. The molecule has 0 aliphatic carbocycles. The summed E-state index contributed by atoms with van der Waals surface area (Å²) in [6.45, 7) is 3.30. The van der Waals surface area contributed by atoms with Crippen molar-refractivity contribution in [3.05, 3.63) is 58.5 Å². The number of piperazine rings is 1. The van der Waals surface area contributed by atoms with Gasteiger partial charge < -0.3 is 14.5 Å². The highest BCUT2D eigenvalue weighted by atomic mass is 35.5. The van der Waals surface area contributed by atoms with Crippen LogP contribution in [0.1, 0.15) is 27.9 Å². The van der Waals surface area contributed by atoms with Crippen molar-refractivity contribution < 1.29 is 13.9 Å². The van der Waals surface area contributed by atoms with E-state index in [9.17, 15) is 4.79 Å². The summed E-state index contributed by atoms with van der Waals surface area (Å²) in [4.78, 5) is 13.8. The monoisotopic (exact) mass is 370 g/mol. The Morgan fingerprint density at radius 1 is 1.42 bits per heavy atom. The number of esters is 1. The molecule has 3 rings (SSSR count). The molecule has 1 atom stereocenters. The maximum Gasteiger partial charge on any atom is 0.373 e. The summed E-state index contributed by atoms with van der Waals surface area (Å²) in [5, 5.41) is 4.15. The maximum absolute atomic E-state index is 11.5. The van der Waals surface area contributed by atoms with Crippen LogP contribution in [-0.4, -0.2) is 37.6 Å². The van der Waals surface area contributed by atoms with Gasteiger partial charge in [-0.15, -0.1) is 12.4 Å². The van der Waals surface area contributed by atoms with Gasteiger partial charge in [0, 0.05) is 30.7 Å². The molecule has 1 aliphatic heterocycles. The first-order chi connectivity index (χ1) is 11.2. The molecule has 130 valence electrons. The summed E-state index contributed by atoms with van der Waals surface area (Å²) in [6, 6.07) is 11.6. The highest BCUT2D eigenvalue weighted by Gasteiger charge is 2.25. The van der Waals surface area contributed by atoms with Crippen molar-refractivity contribution in [2.75, 3.05) is 26.7 Å². The first-order valence-electron chi connectivity index (χ1n) is 7.54. The van der Waals surface area contributed by atoms with E-state index in [1.54, 1.807) is 6.07 Å². The molecule has 1 saturated heterocycles. The molecule has 1 aromatic heterocycles. The number of carbonyl (C=O) groups is 1. The van der Waals surface area contributed by atoms with Crippen LogP contribution in [0.15, 0.2) is 40.8 Å². The third-order valence-electron chi connectivity index (χ3n) is 3.99. The molecule has 0 amide bonds. The lowest BCUT2D eigenvalue weighted by molar-refractivity contribution is 0.0559. The number of nitrogens with one attached hydrogen (secondary N) is 1. The minimum atomic E-state index is -0.456. The summed E-state index contributed by atoms with van der Waals surface area (Å²) in [5.74, 6) is 0.527. The number of ether oxygens (including phenoxy) is 1. The predicted molar refractivity (Wildman–Crippen MR) is 94.8 cm³/mol. The van der Waals surface area contributed by atoms with E-state index in [4.69, 9.17) is 16.0 Å². The van der Waals surface area contributed by atoms with E-state index in [-0.39, 0.29) is 24.2 Å². The molecule has 5 nitrogen and oxygen atoms in total. The van der Waals surface area contributed by atoms with Crippen LogP contribution in [0.2, 0.25) is 5.02 Å². The van der Waals surface area contributed by atoms with Gasteiger partial charge in [-0.1, -0.05) is 23.7 Å². The minimum Gasteiger partial charge on any atom is -0.463 e. The summed E-state index contributed by atoms with van der Waals surface area (Å²) in [7, 11) is 1.34. The van der Waals surface area contributed by atoms with Crippen LogP contribution < -0.4 is 5.32 Å². The van der Waals surface area contributed by atoms with E-state index in [0.717, 1.165) is 30.4 Å². The molecular formula is C17H20Cl2N2O3. The van der Waals surface area contributed by atoms with Gasteiger partial charge in [0.05, 0.1) is 13.7 Å². The summed E-state index contributed by atoms with van der Waals surface area (Å²) in [5.41, 5.74) is 1.17. The Kier molecular flexibility index (Phi) is 6.69. The number of hydrogen-bond acceptors (Lipinski definition) is 5. The van der Waals surface area contributed by atoms with Gasteiger partial charge in [-0.2, -0.15) is 0 Å². The number of carbonyl (C=O) groups excluding carboxylic acids is 1. The molecule has 2 aromatic rings. The Morgan fingerprint density at radius 3 is 3.00 bits per heavy atom. The quantitative estimate of drug-likeness (QED) is 0.836. The van der Waals surface area contributed by atoms with Crippen molar-refractivity contribution in [3.63, 3.8) is 0 Å². The fraction of sp³-hybridized carbons (Fsp3) is 0.353. The zero-order valence-electron chi connectivity index (χ0n) is 13.3. The van der Waals surface area contributed by atoms with Crippen molar-refractivity contribution in [1.29, 1.82) is 0 Å². The molecule has 0 radical (unpaired) electrons. The zero-order valence-corrected chi connectivity index (χ0v) is 14.9. The van der Waals surface area contributed by atoms with Crippen LogP contribution >= 0.6 is 24.0 Å². The lowest BCUT2D eigenvalue weighted by atomic mass is 10.0. The second-order valence-electron chi connectivity index (χ2n) is 5.50. The molecular weight excluding hydrogens is 351 g/mol. The smallest absolute Gasteiger partial charge is 0.373 e. The highest BCUT2D eigenvalue weighted by Crippen LogP contribution is 2.26. The number of benzene rings is 1. The molecule has 0 spiro atoms. The normalized spacial score (nSPS) is 18.0. The predicted octanol–water partition coefficient (Wildman–Crippen LogP) is 3.29.